The van der Waals surface area contributed by atoms with Gasteiger partial charge in [0.1, 0.15) is 0 Å². The van der Waals surface area contributed by atoms with E-state index in [0.29, 0.717) is 11.3 Å². The lowest BCUT2D eigenvalue weighted by Gasteiger charge is -2.14. The Kier molecular flexibility index (Phi) is 4.96. The zero-order chi connectivity index (χ0) is 15.5. The second-order valence-electron chi connectivity index (χ2n) is 4.85. The van der Waals surface area contributed by atoms with E-state index in [0.717, 1.165) is 17.0 Å². The predicted octanol–water partition coefficient (Wildman–Crippen LogP) is 4.81. The van der Waals surface area contributed by atoms with Crippen LogP contribution in [-0.2, 0) is 6.18 Å². The van der Waals surface area contributed by atoms with Crippen LogP contribution in [-0.4, -0.2) is 5.75 Å². The van der Waals surface area contributed by atoms with Crippen LogP contribution in [0.4, 0.5) is 13.2 Å². The summed E-state index contributed by atoms with van der Waals surface area (Å²) < 4.78 is 38.0. The summed E-state index contributed by atoms with van der Waals surface area (Å²) in [6.45, 7) is 2.00. The van der Waals surface area contributed by atoms with Gasteiger partial charge in [0.25, 0.3) is 0 Å². The van der Waals surface area contributed by atoms with Crippen molar-refractivity contribution in [1.82, 2.24) is 0 Å². The van der Waals surface area contributed by atoms with Crippen LogP contribution in [0, 0.1) is 6.92 Å². The van der Waals surface area contributed by atoms with Crippen molar-refractivity contribution in [2.45, 2.75) is 24.0 Å². The monoisotopic (exact) mass is 311 g/mol. The molecule has 0 aliphatic rings. The van der Waals surface area contributed by atoms with Gasteiger partial charge in [-0.3, -0.25) is 0 Å². The molecule has 0 aliphatic carbocycles. The van der Waals surface area contributed by atoms with Crippen LogP contribution < -0.4 is 5.73 Å². The number of hydrogen-bond donors (Lipinski definition) is 1. The first-order chi connectivity index (χ1) is 9.86. The lowest BCUT2D eigenvalue weighted by atomic mass is 10.1. The molecule has 112 valence electrons. The number of rotatable bonds is 4. The van der Waals surface area contributed by atoms with Crippen molar-refractivity contribution in [3.8, 4) is 0 Å². The highest BCUT2D eigenvalue weighted by molar-refractivity contribution is 7.99. The van der Waals surface area contributed by atoms with Crippen LogP contribution in [0.5, 0.6) is 0 Å². The highest BCUT2D eigenvalue weighted by Crippen LogP contribution is 2.31. The van der Waals surface area contributed by atoms with Crippen molar-refractivity contribution in [2.24, 2.45) is 5.73 Å². The van der Waals surface area contributed by atoms with E-state index < -0.39 is 17.8 Å². The average Bonchev–Trinajstić information content (AvgIpc) is 2.45. The minimum absolute atomic E-state index is 0.432. The van der Waals surface area contributed by atoms with Gasteiger partial charge in [0.05, 0.1) is 5.56 Å². The minimum atomic E-state index is -4.33. The summed E-state index contributed by atoms with van der Waals surface area (Å²) in [5, 5.41) is 0. The molecule has 0 aromatic heterocycles. The van der Waals surface area contributed by atoms with E-state index in [1.165, 1.54) is 23.4 Å². The molecule has 0 radical (unpaired) electrons. The fourth-order valence-corrected chi connectivity index (χ4v) is 2.76. The molecule has 2 aromatic rings. The summed E-state index contributed by atoms with van der Waals surface area (Å²) >= 11 is 1.54. The SMILES string of the molecule is Cc1ccc(SCC(N)c2cccc(C(F)(F)F)c2)cc1. The molecular weight excluding hydrogens is 295 g/mol. The summed E-state index contributed by atoms with van der Waals surface area (Å²) in [5.74, 6) is 0.532. The highest BCUT2D eigenvalue weighted by atomic mass is 32.2. The molecule has 0 amide bonds. The number of alkyl halides is 3. The molecule has 1 atom stereocenters. The van der Waals surface area contributed by atoms with Crippen molar-refractivity contribution in [1.29, 1.82) is 0 Å². The van der Waals surface area contributed by atoms with Crippen molar-refractivity contribution in [3.05, 3.63) is 65.2 Å². The normalized spacial score (nSPS) is 13.2. The molecular formula is C16H16F3NS. The zero-order valence-corrected chi connectivity index (χ0v) is 12.3. The Labute approximate surface area is 126 Å². The van der Waals surface area contributed by atoms with E-state index in [4.69, 9.17) is 5.73 Å². The maximum atomic E-state index is 12.7. The third kappa shape index (κ3) is 4.51. The molecule has 0 heterocycles. The van der Waals surface area contributed by atoms with Gasteiger partial charge in [0.15, 0.2) is 0 Å². The number of thioether (sulfide) groups is 1. The van der Waals surface area contributed by atoms with Crippen molar-refractivity contribution >= 4 is 11.8 Å². The molecule has 21 heavy (non-hydrogen) atoms. The lowest BCUT2D eigenvalue weighted by Crippen LogP contribution is -2.14. The Hall–Kier alpha value is -1.46. The molecule has 1 unspecified atom stereocenters. The number of nitrogens with two attached hydrogens (primary N) is 1. The third-order valence-electron chi connectivity index (χ3n) is 3.09. The summed E-state index contributed by atoms with van der Waals surface area (Å²) in [6.07, 6.45) is -4.33. The Morgan fingerprint density at radius 3 is 2.38 bits per heavy atom. The fraction of sp³-hybridized carbons (Fsp3) is 0.250. The molecule has 0 bridgehead atoms. The Morgan fingerprint density at radius 1 is 1.10 bits per heavy atom. The van der Waals surface area contributed by atoms with E-state index in [2.05, 4.69) is 0 Å². The van der Waals surface area contributed by atoms with Crippen LogP contribution in [0.15, 0.2) is 53.4 Å². The second-order valence-corrected chi connectivity index (χ2v) is 5.95. The average molecular weight is 311 g/mol. The van der Waals surface area contributed by atoms with Crippen molar-refractivity contribution in [2.75, 3.05) is 5.75 Å². The first-order valence-electron chi connectivity index (χ1n) is 6.48. The van der Waals surface area contributed by atoms with Gasteiger partial charge in [0.2, 0.25) is 0 Å². The minimum Gasteiger partial charge on any atom is -0.323 e. The Morgan fingerprint density at radius 2 is 1.76 bits per heavy atom. The van der Waals surface area contributed by atoms with Gasteiger partial charge in [0, 0.05) is 16.7 Å². The van der Waals surface area contributed by atoms with Crippen LogP contribution in [0.3, 0.4) is 0 Å². The molecule has 0 spiro atoms. The molecule has 2 aromatic carbocycles. The fourth-order valence-electron chi connectivity index (χ4n) is 1.86. The van der Waals surface area contributed by atoms with Gasteiger partial charge in [-0.2, -0.15) is 13.2 Å². The summed E-state index contributed by atoms with van der Waals surface area (Å²) in [5.41, 5.74) is 7.01. The first kappa shape index (κ1) is 15.9. The molecule has 0 aliphatic heterocycles. The molecule has 0 saturated heterocycles. The van der Waals surface area contributed by atoms with E-state index in [-0.39, 0.29) is 0 Å². The van der Waals surface area contributed by atoms with Crippen molar-refractivity contribution in [3.63, 3.8) is 0 Å². The third-order valence-corrected chi connectivity index (χ3v) is 4.22. The second kappa shape index (κ2) is 6.54. The van der Waals surface area contributed by atoms with Crippen LogP contribution >= 0.6 is 11.8 Å². The van der Waals surface area contributed by atoms with Crippen LogP contribution in [0.25, 0.3) is 0 Å². The molecule has 5 heteroatoms. The maximum absolute atomic E-state index is 12.7. The molecule has 0 saturated carbocycles. The van der Waals surface area contributed by atoms with Gasteiger partial charge >= 0.3 is 6.18 Å². The van der Waals surface area contributed by atoms with Gasteiger partial charge < -0.3 is 5.73 Å². The standard InChI is InChI=1S/C16H16F3NS/c1-11-5-7-14(8-6-11)21-10-15(20)12-3-2-4-13(9-12)16(17,18)19/h2-9,15H,10,20H2,1H3. The Balaban J connectivity index is 2.03. The van der Waals surface area contributed by atoms with E-state index in [1.54, 1.807) is 6.07 Å². The summed E-state index contributed by atoms with van der Waals surface area (Å²) in [7, 11) is 0. The Bertz CT molecular complexity index is 593. The van der Waals surface area contributed by atoms with Gasteiger partial charge in [-0.15, -0.1) is 11.8 Å². The first-order valence-corrected chi connectivity index (χ1v) is 7.47. The van der Waals surface area contributed by atoms with Crippen molar-refractivity contribution < 1.29 is 13.2 Å². The molecule has 1 nitrogen and oxygen atoms in total. The van der Waals surface area contributed by atoms with Gasteiger partial charge in [-0.25, -0.2) is 0 Å². The largest absolute Gasteiger partial charge is 0.416 e. The predicted molar refractivity (Wildman–Crippen MR) is 80.3 cm³/mol. The molecule has 2 N–H and O–H groups in total. The van der Waals surface area contributed by atoms with Gasteiger partial charge in [-0.1, -0.05) is 29.8 Å². The smallest absolute Gasteiger partial charge is 0.323 e. The number of benzene rings is 2. The number of hydrogen-bond acceptors (Lipinski definition) is 2. The summed E-state index contributed by atoms with van der Waals surface area (Å²) in [4.78, 5) is 1.06. The number of halogens is 3. The maximum Gasteiger partial charge on any atom is 0.416 e. The summed E-state index contributed by atoms with van der Waals surface area (Å²) in [6, 6.07) is 12.8. The molecule has 0 fully saturated rings. The topological polar surface area (TPSA) is 26.0 Å². The van der Waals surface area contributed by atoms with E-state index in [9.17, 15) is 13.2 Å². The highest BCUT2D eigenvalue weighted by Gasteiger charge is 2.30. The lowest BCUT2D eigenvalue weighted by molar-refractivity contribution is -0.137. The van der Waals surface area contributed by atoms with Crippen LogP contribution in [0.1, 0.15) is 22.7 Å². The molecule has 2 rings (SSSR count). The quantitative estimate of drug-likeness (QED) is 0.820. The van der Waals surface area contributed by atoms with Crippen LogP contribution in [0.2, 0.25) is 0 Å². The van der Waals surface area contributed by atoms with Gasteiger partial charge in [-0.05, 0) is 36.8 Å². The zero-order valence-electron chi connectivity index (χ0n) is 11.5. The van der Waals surface area contributed by atoms with E-state index in [1.807, 2.05) is 31.2 Å². The number of aryl methyl sites for hydroxylation is 1. The van der Waals surface area contributed by atoms with E-state index >= 15 is 0 Å².